The highest BCUT2D eigenvalue weighted by Gasteiger charge is 2.52. The standard InChI is InChI=1S/C35H43F3N4O6Si/c1-21(2)28(30(35(36,37)38)48-49(7,8)34(3,4)5)39-27(43)20-41-26(23-12-10-9-11-13-23)18-25-29(32(41)45)40-33(46)42(31(25)44)19-22-14-16-24(47-6)17-15-22/h9-18,21,28,30H,19-20H2,1-8H3,(H,39,43)(H,40,46). The Morgan fingerprint density at radius 3 is 2.08 bits per heavy atom. The number of benzene rings is 2. The minimum absolute atomic E-state index is 0.0891. The number of H-pyrrole nitrogens is 1. The van der Waals surface area contributed by atoms with Crippen molar-refractivity contribution in [2.24, 2.45) is 5.92 Å². The van der Waals surface area contributed by atoms with Gasteiger partial charge in [0.1, 0.15) is 17.8 Å². The third kappa shape index (κ3) is 8.24. The molecule has 0 aliphatic carbocycles. The lowest BCUT2D eigenvalue weighted by Crippen LogP contribution is -2.59. The second-order valence-electron chi connectivity index (χ2n) is 13.9. The Labute approximate surface area is 283 Å². The smallest absolute Gasteiger partial charge is 0.415 e. The molecule has 49 heavy (non-hydrogen) atoms. The Balaban J connectivity index is 1.79. The van der Waals surface area contributed by atoms with Crippen molar-refractivity contribution in [2.75, 3.05) is 7.11 Å². The highest BCUT2D eigenvalue weighted by Crippen LogP contribution is 2.41. The zero-order valence-electron chi connectivity index (χ0n) is 28.9. The van der Waals surface area contributed by atoms with Crippen molar-refractivity contribution in [3.63, 3.8) is 0 Å². The summed E-state index contributed by atoms with van der Waals surface area (Å²) in [6.07, 6.45) is -7.09. The Bertz CT molecular complexity index is 1980. The molecule has 10 nitrogen and oxygen atoms in total. The second-order valence-corrected chi connectivity index (χ2v) is 18.7. The lowest BCUT2D eigenvalue weighted by molar-refractivity contribution is -0.210. The monoisotopic (exact) mass is 700 g/mol. The summed E-state index contributed by atoms with van der Waals surface area (Å²) in [7, 11) is -1.43. The molecule has 0 spiro atoms. The first-order valence-electron chi connectivity index (χ1n) is 15.9. The molecular weight excluding hydrogens is 657 g/mol. The van der Waals surface area contributed by atoms with E-state index < -0.39 is 66.9 Å². The van der Waals surface area contributed by atoms with Gasteiger partial charge in [-0.2, -0.15) is 13.2 Å². The molecule has 0 saturated carbocycles. The van der Waals surface area contributed by atoms with Crippen LogP contribution in [0.4, 0.5) is 13.2 Å². The molecule has 14 heteroatoms. The van der Waals surface area contributed by atoms with E-state index in [-0.39, 0.29) is 23.1 Å². The predicted octanol–water partition coefficient (Wildman–Crippen LogP) is 5.67. The van der Waals surface area contributed by atoms with E-state index in [9.17, 15) is 32.3 Å². The van der Waals surface area contributed by atoms with Crippen LogP contribution in [0.2, 0.25) is 18.1 Å². The fourth-order valence-corrected chi connectivity index (χ4v) is 6.48. The molecule has 4 rings (SSSR count). The van der Waals surface area contributed by atoms with E-state index in [0.29, 0.717) is 16.9 Å². The lowest BCUT2D eigenvalue weighted by Gasteiger charge is -2.42. The normalized spacial score (nSPS) is 13.8. The quantitative estimate of drug-likeness (QED) is 0.195. The zero-order chi connectivity index (χ0) is 36.5. The number of ether oxygens (including phenoxy) is 1. The summed E-state index contributed by atoms with van der Waals surface area (Å²) < 4.78 is 56.7. The Hall–Kier alpha value is -4.43. The maximum absolute atomic E-state index is 14.6. The number of nitrogens with one attached hydrogen (secondary N) is 2. The molecule has 0 fully saturated rings. The third-order valence-corrected chi connectivity index (χ3v) is 13.5. The number of fused-ring (bicyclic) bond motifs is 1. The average Bonchev–Trinajstić information content (AvgIpc) is 3.02. The number of alkyl halides is 3. The van der Waals surface area contributed by atoms with E-state index in [1.54, 1.807) is 81.5 Å². The number of carbonyl (C=O) groups is 1. The van der Waals surface area contributed by atoms with Crippen molar-refractivity contribution >= 4 is 25.1 Å². The number of methoxy groups -OCH3 is 1. The van der Waals surface area contributed by atoms with Crippen molar-refractivity contribution in [3.8, 4) is 17.0 Å². The molecule has 2 unspecified atom stereocenters. The van der Waals surface area contributed by atoms with Crippen molar-refractivity contribution in [1.29, 1.82) is 0 Å². The highest BCUT2D eigenvalue weighted by atomic mass is 28.4. The summed E-state index contributed by atoms with van der Waals surface area (Å²) in [5.74, 6) is -0.972. The first-order chi connectivity index (χ1) is 22.7. The summed E-state index contributed by atoms with van der Waals surface area (Å²) in [5.41, 5.74) is -1.49. The highest BCUT2D eigenvalue weighted by molar-refractivity contribution is 6.74. The molecule has 4 aromatic rings. The van der Waals surface area contributed by atoms with Crippen LogP contribution in [-0.2, 0) is 22.3 Å². The minimum atomic E-state index is -4.79. The molecule has 0 radical (unpaired) electrons. The molecular formula is C35H43F3N4O6Si. The summed E-state index contributed by atoms with van der Waals surface area (Å²) in [6.45, 7) is 11.2. The Morgan fingerprint density at radius 1 is 0.939 bits per heavy atom. The second kappa shape index (κ2) is 14.2. The van der Waals surface area contributed by atoms with Gasteiger partial charge in [0.2, 0.25) is 5.91 Å². The summed E-state index contributed by atoms with van der Waals surface area (Å²) in [5, 5.41) is 1.88. The SMILES string of the molecule is COc1ccc(Cn2c(=O)[nH]c3c(=O)n(CC(=O)NC(C(C)C)C(O[Si](C)(C)C(C)(C)C)C(F)(F)F)c(-c4ccccc4)cc3c2=O)cc1. The van der Waals surface area contributed by atoms with Crippen LogP contribution in [0, 0.1) is 5.92 Å². The van der Waals surface area contributed by atoms with Crippen LogP contribution in [0.15, 0.2) is 75.0 Å². The van der Waals surface area contributed by atoms with Crippen molar-refractivity contribution in [3.05, 3.63) is 97.4 Å². The van der Waals surface area contributed by atoms with Gasteiger partial charge in [-0.25, -0.2) is 4.79 Å². The van der Waals surface area contributed by atoms with E-state index in [4.69, 9.17) is 9.16 Å². The number of rotatable bonds is 11. The minimum Gasteiger partial charge on any atom is -0.497 e. The van der Waals surface area contributed by atoms with Gasteiger partial charge in [-0.1, -0.05) is 77.1 Å². The molecule has 0 aliphatic rings. The van der Waals surface area contributed by atoms with Crippen molar-refractivity contribution < 1.29 is 27.1 Å². The number of halogens is 3. The Kier molecular flexibility index (Phi) is 10.8. The van der Waals surface area contributed by atoms with E-state index in [1.807, 2.05) is 20.8 Å². The number of carbonyl (C=O) groups excluding carboxylic acids is 1. The van der Waals surface area contributed by atoms with Crippen LogP contribution in [-0.4, -0.2) is 53.8 Å². The van der Waals surface area contributed by atoms with Crippen molar-refractivity contribution in [1.82, 2.24) is 19.4 Å². The van der Waals surface area contributed by atoms with Gasteiger partial charge in [0, 0.05) is 0 Å². The zero-order valence-corrected chi connectivity index (χ0v) is 29.9. The fraction of sp³-hybridized carbons (Fsp3) is 0.429. The first-order valence-corrected chi connectivity index (χ1v) is 18.8. The van der Waals surface area contributed by atoms with Crippen LogP contribution < -0.4 is 26.9 Å². The largest absolute Gasteiger partial charge is 0.497 e. The molecule has 1 amide bonds. The molecule has 2 heterocycles. The van der Waals surface area contributed by atoms with Crippen molar-refractivity contribution in [2.45, 2.75) is 84.2 Å². The topological polar surface area (TPSA) is 124 Å². The number of pyridine rings is 1. The van der Waals surface area contributed by atoms with Crippen LogP contribution in [0.25, 0.3) is 22.2 Å². The first kappa shape index (κ1) is 37.4. The van der Waals surface area contributed by atoms with Gasteiger partial charge < -0.3 is 19.5 Å². The molecule has 0 saturated heterocycles. The molecule has 264 valence electrons. The molecule has 2 aromatic carbocycles. The maximum atomic E-state index is 14.6. The van der Waals surface area contributed by atoms with E-state index in [0.717, 1.165) is 9.13 Å². The summed E-state index contributed by atoms with van der Waals surface area (Å²) in [6, 6.07) is 15.2. The third-order valence-electron chi connectivity index (χ3n) is 9.05. The van der Waals surface area contributed by atoms with Gasteiger partial charge in [-0.05, 0) is 53.4 Å². The predicted molar refractivity (Wildman–Crippen MR) is 186 cm³/mol. The summed E-state index contributed by atoms with van der Waals surface area (Å²) in [4.78, 5) is 56.9. The Morgan fingerprint density at radius 2 is 1.55 bits per heavy atom. The summed E-state index contributed by atoms with van der Waals surface area (Å²) >= 11 is 0. The molecule has 0 aliphatic heterocycles. The number of hydrogen-bond acceptors (Lipinski definition) is 6. The number of hydrogen-bond donors (Lipinski definition) is 2. The number of nitrogens with zero attached hydrogens (tertiary/aromatic N) is 2. The number of aromatic nitrogens is 3. The number of aromatic amines is 1. The van der Waals surface area contributed by atoms with Gasteiger partial charge in [0.15, 0.2) is 14.4 Å². The van der Waals surface area contributed by atoms with E-state index in [1.165, 1.54) is 13.2 Å². The van der Waals surface area contributed by atoms with Crippen LogP contribution in [0.1, 0.15) is 40.2 Å². The van der Waals surface area contributed by atoms with Crippen LogP contribution in [0.3, 0.4) is 0 Å². The molecule has 0 bridgehead atoms. The molecule has 2 aromatic heterocycles. The van der Waals surface area contributed by atoms with Gasteiger partial charge in [0.25, 0.3) is 11.1 Å². The van der Waals surface area contributed by atoms with Crippen LogP contribution in [0.5, 0.6) is 5.75 Å². The molecule has 2 N–H and O–H groups in total. The lowest BCUT2D eigenvalue weighted by atomic mass is 9.98. The fourth-order valence-electron chi connectivity index (χ4n) is 5.22. The average molecular weight is 701 g/mol. The van der Waals surface area contributed by atoms with Gasteiger partial charge in [-0.15, -0.1) is 0 Å². The van der Waals surface area contributed by atoms with Crippen LogP contribution >= 0.6 is 0 Å². The van der Waals surface area contributed by atoms with Gasteiger partial charge >= 0.3 is 11.9 Å². The maximum Gasteiger partial charge on any atom is 0.415 e. The number of amides is 1. The van der Waals surface area contributed by atoms with Gasteiger partial charge in [0.05, 0.1) is 30.8 Å². The van der Waals surface area contributed by atoms with E-state index in [2.05, 4.69) is 10.3 Å². The van der Waals surface area contributed by atoms with E-state index >= 15 is 0 Å². The molecule has 2 atom stereocenters. The van der Waals surface area contributed by atoms with Gasteiger partial charge in [-0.3, -0.25) is 23.5 Å².